The lowest BCUT2D eigenvalue weighted by Gasteiger charge is -2.04. The van der Waals surface area contributed by atoms with E-state index in [2.05, 4.69) is 10.1 Å². The molecule has 0 spiro atoms. The van der Waals surface area contributed by atoms with Gasteiger partial charge >= 0.3 is 6.18 Å². The van der Waals surface area contributed by atoms with Crippen LogP contribution in [0.25, 0.3) is 11.4 Å². The number of methoxy groups -OCH3 is 1. The van der Waals surface area contributed by atoms with Gasteiger partial charge in [-0.15, -0.1) is 0 Å². The van der Waals surface area contributed by atoms with E-state index >= 15 is 0 Å². The molecule has 0 saturated heterocycles. The van der Waals surface area contributed by atoms with E-state index in [0.29, 0.717) is 37.4 Å². The van der Waals surface area contributed by atoms with E-state index in [1.54, 1.807) is 19.2 Å². The number of nitrogens with zero attached hydrogens (tertiary/aromatic N) is 2. The summed E-state index contributed by atoms with van der Waals surface area (Å²) in [6, 6.07) is 7.25. The maximum atomic E-state index is 12.0. The zero-order chi connectivity index (χ0) is 18.3. The predicted molar refractivity (Wildman–Crippen MR) is 84.1 cm³/mol. The molecule has 0 N–H and O–H groups in total. The molecule has 25 heavy (non-hydrogen) atoms. The number of Topliss-reactive ketones (excluding diaryl/α,β-unsaturated/α-hetero) is 1. The van der Waals surface area contributed by atoms with Crippen LogP contribution in [0.5, 0.6) is 5.75 Å². The molecule has 0 radical (unpaired) electrons. The van der Waals surface area contributed by atoms with E-state index in [9.17, 15) is 18.0 Å². The third-order valence-corrected chi connectivity index (χ3v) is 3.68. The van der Waals surface area contributed by atoms with Crippen LogP contribution in [0.1, 0.15) is 38.0 Å². The summed E-state index contributed by atoms with van der Waals surface area (Å²) in [4.78, 5) is 15.0. The van der Waals surface area contributed by atoms with E-state index in [0.717, 1.165) is 11.3 Å². The Balaban J connectivity index is 1.70. The molecule has 2 aromatic rings. The third-order valence-electron chi connectivity index (χ3n) is 3.68. The average molecular weight is 356 g/mol. The molecule has 136 valence electrons. The highest BCUT2D eigenvalue weighted by Gasteiger charge is 2.36. The van der Waals surface area contributed by atoms with Crippen LogP contribution in [0.15, 0.2) is 28.8 Å². The van der Waals surface area contributed by atoms with Gasteiger partial charge in [0.1, 0.15) is 5.75 Å². The predicted octanol–water partition coefficient (Wildman–Crippen LogP) is 4.37. The topological polar surface area (TPSA) is 65.2 Å². The fourth-order valence-electron chi connectivity index (χ4n) is 2.27. The summed E-state index contributed by atoms with van der Waals surface area (Å²) in [5, 5.41) is 3.91. The summed E-state index contributed by atoms with van der Waals surface area (Å²) >= 11 is 0. The van der Waals surface area contributed by atoms with Crippen molar-refractivity contribution in [2.45, 2.75) is 44.7 Å². The Kier molecular flexibility index (Phi) is 6.55. The molecule has 8 heteroatoms. The van der Waals surface area contributed by atoms with E-state index in [4.69, 9.17) is 9.26 Å². The molecular weight excluding hydrogens is 337 g/mol. The summed E-state index contributed by atoms with van der Waals surface area (Å²) in [6.45, 7) is 0. The molecule has 0 bridgehead atoms. The Labute approximate surface area is 143 Å². The maximum absolute atomic E-state index is 12.0. The van der Waals surface area contributed by atoms with Gasteiger partial charge in [0.2, 0.25) is 17.5 Å². The smallest absolute Gasteiger partial charge is 0.449 e. The fourth-order valence-corrected chi connectivity index (χ4v) is 2.27. The second-order valence-corrected chi connectivity index (χ2v) is 5.58. The first kappa shape index (κ1) is 19.0. The van der Waals surface area contributed by atoms with Crippen molar-refractivity contribution in [3.8, 4) is 17.1 Å². The second-order valence-electron chi connectivity index (χ2n) is 5.58. The second kappa shape index (κ2) is 8.64. The van der Waals surface area contributed by atoms with E-state index in [1.165, 1.54) is 0 Å². The van der Waals surface area contributed by atoms with Crippen molar-refractivity contribution in [2.24, 2.45) is 0 Å². The van der Waals surface area contributed by atoms with E-state index in [-0.39, 0.29) is 6.42 Å². The molecule has 0 atom stereocenters. The fraction of sp³-hybridized carbons (Fsp3) is 0.471. The summed E-state index contributed by atoms with van der Waals surface area (Å²) in [5.41, 5.74) is 0.807. The van der Waals surface area contributed by atoms with Crippen molar-refractivity contribution < 1.29 is 27.2 Å². The van der Waals surface area contributed by atoms with Crippen molar-refractivity contribution in [1.29, 1.82) is 0 Å². The molecule has 0 aliphatic rings. The van der Waals surface area contributed by atoms with Crippen molar-refractivity contribution >= 4 is 5.78 Å². The molecule has 1 aromatic heterocycles. The number of halogens is 3. The standard InChI is InChI=1S/C17H19F3N2O3/c1-24-13-10-8-12(9-11-13)16-21-15(25-22-16)7-5-3-2-4-6-14(23)17(18,19)20/h8-11H,2-7H2,1H3. The highest BCUT2D eigenvalue weighted by atomic mass is 19.4. The summed E-state index contributed by atoms with van der Waals surface area (Å²) in [5.74, 6) is 0.0376. The number of hydrogen-bond acceptors (Lipinski definition) is 5. The molecular formula is C17H19F3N2O3. The van der Waals surface area contributed by atoms with Gasteiger partial charge in [0, 0.05) is 18.4 Å². The van der Waals surface area contributed by atoms with Crippen molar-refractivity contribution in [3.05, 3.63) is 30.2 Å². The van der Waals surface area contributed by atoms with E-state index in [1.807, 2.05) is 12.1 Å². The highest BCUT2D eigenvalue weighted by molar-refractivity contribution is 5.83. The Morgan fingerprint density at radius 3 is 2.44 bits per heavy atom. The Hall–Kier alpha value is -2.38. The number of benzene rings is 1. The number of aryl methyl sites for hydroxylation is 1. The van der Waals surface area contributed by atoms with Crippen molar-refractivity contribution in [1.82, 2.24) is 10.1 Å². The summed E-state index contributed by atoms with van der Waals surface area (Å²) in [6.07, 6.45) is -2.42. The van der Waals surface area contributed by atoms with Crippen molar-refractivity contribution in [3.63, 3.8) is 0 Å². The zero-order valence-corrected chi connectivity index (χ0v) is 13.8. The number of hydrogen-bond donors (Lipinski definition) is 0. The van der Waals surface area contributed by atoms with Crippen LogP contribution in [0.3, 0.4) is 0 Å². The van der Waals surface area contributed by atoms with Crippen LogP contribution < -0.4 is 4.74 Å². The van der Waals surface area contributed by atoms with Gasteiger partial charge < -0.3 is 9.26 Å². The minimum absolute atomic E-state index is 0.235. The third kappa shape index (κ3) is 5.88. The van der Waals surface area contributed by atoms with Gasteiger partial charge in [-0.05, 0) is 37.1 Å². The molecule has 2 rings (SSSR count). The first-order valence-electron chi connectivity index (χ1n) is 7.97. The van der Waals surface area contributed by atoms with Crippen LogP contribution in [0.4, 0.5) is 13.2 Å². The van der Waals surface area contributed by atoms with Crippen LogP contribution in [-0.4, -0.2) is 29.2 Å². The quantitative estimate of drug-likeness (QED) is 0.624. The molecule has 0 aliphatic heterocycles. The molecule has 0 aliphatic carbocycles. The Morgan fingerprint density at radius 1 is 1.12 bits per heavy atom. The van der Waals surface area contributed by atoms with E-state index < -0.39 is 18.4 Å². The lowest BCUT2D eigenvalue weighted by atomic mass is 10.1. The normalized spacial score (nSPS) is 11.5. The van der Waals surface area contributed by atoms with Crippen LogP contribution in [0, 0.1) is 0 Å². The number of alkyl halides is 3. The average Bonchev–Trinajstić information content (AvgIpc) is 3.06. The lowest BCUT2D eigenvalue weighted by Crippen LogP contribution is -2.22. The number of aromatic nitrogens is 2. The minimum Gasteiger partial charge on any atom is -0.497 e. The highest BCUT2D eigenvalue weighted by Crippen LogP contribution is 2.21. The van der Waals surface area contributed by atoms with Crippen LogP contribution in [-0.2, 0) is 11.2 Å². The van der Waals surface area contributed by atoms with Gasteiger partial charge in [-0.25, -0.2) is 0 Å². The van der Waals surface area contributed by atoms with Gasteiger partial charge in [-0.3, -0.25) is 4.79 Å². The number of ether oxygens (including phenoxy) is 1. The SMILES string of the molecule is COc1ccc(-c2noc(CCCCCCC(=O)C(F)(F)F)n2)cc1. The van der Waals surface area contributed by atoms with Crippen LogP contribution >= 0.6 is 0 Å². The monoisotopic (exact) mass is 356 g/mol. The van der Waals surface area contributed by atoms with Crippen LogP contribution in [0.2, 0.25) is 0 Å². The number of unbranched alkanes of at least 4 members (excludes halogenated alkanes) is 3. The molecule has 1 aromatic carbocycles. The largest absolute Gasteiger partial charge is 0.497 e. The lowest BCUT2D eigenvalue weighted by molar-refractivity contribution is -0.171. The van der Waals surface area contributed by atoms with Gasteiger partial charge in [-0.2, -0.15) is 18.2 Å². The number of carbonyl (C=O) groups is 1. The Bertz CT molecular complexity index is 681. The Morgan fingerprint density at radius 2 is 1.80 bits per heavy atom. The van der Waals surface area contributed by atoms with Gasteiger partial charge in [0.05, 0.1) is 7.11 Å². The maximum Gasteiger partial charge on any atom is 0.449 e. The zero-order valence-electron chi connectivity index (χ0n) is 13.8. The molecule has 0 amide bonds. The van der Waals surface area contributed by atoms with Gasteiger partial charge in [-0.1, -0.05) is 18.0 Å². The molecule has 0 unspecified atom stereocenters. The first-order chi connectivity index (χ1) is 11.9. The van der Waals surface area contributed by atoms with Gasteiger partial charge in [0.25, 0.3) is 0 Å². The first-order valence-corrected chi connectivity index (χ1v) is 7.97. The summed E-state index contributed by atoms with van der Waals surface area (Å²) in [7, 11) is 1.58. The minimum atomic E-state index is -4.72. The number of carbonyl (C=O) groups excluding carboxylic acids is 1. The number of ketones is 1. The molecule has 5 nitrogen and oxygen atoms in total. The number of rotatable bonds is 9. The molecule has 1 heterocycles. The van der Waals surface area contributed by atoms with Crippen molar-refractivity contribution in [2.75, 3.05) is 7.11 Å². The molecule has 0 fully saturated rings. The van der Waals surface area contributed by atoms with Gasteiger partial charge in [0.15, 0.2) is 0 Å². The molecule has 0 saturated carbocycles. The summed E-state index contributed by atoms with van der Waals surface area (Å²) < 4.78 is 46.4.